The Bertz CT molecular complexity index is 63.8. The zero-order chi connectivity index (χ0) is 6.78. The molecule has 0 saturated heterocycles. The second-order valence-corrected chi connectivity index (χ2v) is 6.71. The summed E-state index contributed by atoms with van der Waals surface area (Å²) in [5, 5.41) is 0. The molecule has 0 aromatic rings. The van der Waals surface area contributed by atoms with Crippen LogP contribution in [0.15, 0.2) is 0 Å². The Hall–Kier alpha value is 1.32. The van der Waals surface area contributed by atoms with Crippen LogP contribution in [0.2, 0.25) is 19.1 Å². The molecule has 0 spiro atoms. The monoisotopic (exact) mass is 218 g/mol. The topological polar surface area (TPSA) is 0 Å². The normalized spacial score (nSPS) is 11.3. The first kappa shape index (κ1) is 13.0. The van der Waals surface area contributed by atoms with Crippen LogP contribution in [0.1, 0.15) is 20.8 Å². The van der Waals surface area contributed by atoms with Crippen LogP contribution >= 0.6 is 0 Å². The molecular weight excluding hydrogens is 201 g/mol. The van der Waals surface area contributed by atoms with E-state index in [4.69, 9.17) is 0 Å². The Labute approximate surface area is 86.3 Å². The second-order valence-electron chi connectivity index (χ2n) is 3.94. The van der Waals surface area contributed by atoms with Gasteiger partial charge in [-0.1, -0.05) is 39.9 Å². The van der Waals surface area contributed by atoms with Crippen molar-refractivity contribution in [2.45, 2.75) is 39.9 Å². The first-order valence-corrected chi connectivity index (χ1v) is 5.91. The Balaban J connectivity index is 0. The van der Waals surface area contributed by atoms with Crippen LogP contribution in [-0.4, -0.2) is 8.80 Å². The zero-order valence-corrected chi connectivity index (χ0v) is 11.1. The second kappa shape index (κ2) is 5.04. The molecule has 2 heteroatoms. The van der Waals surface area contributed by atoms with Crippen molar-refractivity contribution >= 4 is 8.80 Å². The van der Waals surface area contributed by atoms with E-state index in [1.54, 1.807) is 0 Å². The standard InChI is InChI=1S/C7H17Si.Y/c1-7(2,3)6-8(4)5;/h6H2,1-5H3;. The Morgan fingerprint density at radius 2 is 1.44 bits per heavy atom. The average molecular weight is 218 g/mol. The smallest absolute Gasteiger partial charge is 0.0418 e. The van der Waals surface area contributed by atoms with Gasteiger partial charge in [0, 0.05) is 41.5 Å². The molecule has 0 fully saturated rings. The Kier molecular flexibility index (Phi) is 7.25. The van der Waals surface area contributed by atoms with Gasteiger partial charge in [0.05, 0.1) is 0 Å². The molecule has 52 valence electrons. The van der Waals surface area contributed by atoms with E-state index in [1.165, 1.54) is 6.04 Å². The summed E-state index contributed by atoms with van der Waals surface area (Å²) in [6, 6.07) is 1.43. The quantitative estimate of drug-likeness (QED) is 0.594. The van der Waals surface area contributed by atoms with E-state index < -0.39 is 0 Å². The molecule has 0 aromatic heterocycles. The molecule has 0 aliphatic carbocycles. The van der Waals surface area contributed by atoms with E-state index >= 15 is 0 Å². The SMILES string of the molecule is C[Si](C)CC(C)(C)C.[Y]. The van der Waals surface area contributed by atoms with Crippen LogP contribution in [0.3, 0.4) is 0 Å². The molecule has 0 N–H and O–H groups in total. The molecule has 0 aliphatic heterocycles. The molecule has 2 radical (unpaired) electrons. The van der Waals surface area contributed by atoms with E-state index in [0.29, 0.717) is 5.41 Å². The van der Waals surface area contributed by atoms with E-state index in [2.05, 4.69) is 33.9 Å². The van der Waals surface area contributed by atoms with Crippen LogP contribution in [0.5, 0.6) is 0 Å². The third kappa shape index (κ3) is 12.5. The van der Waals surface area contributed by atoms with Gasteiger partial charge in [0.15, 0.2) is 0 Å². The van der Waals surface area contributed by atoms with Crippen molar-refractivity contribution in [1.82, 2.24) is 0 Å². The summed E-state index contributed by atoms with van der Waals surface area (Å²) >= 11 is 0. The summed E-state index contributed by atoms with van der Waals surface area (Å²) in [6.45, 7) is 11.7. The first-order chi connectivity index (χ1) is 3.42. The summed E-state index contributed by atoms with van der Waals surface area (Å²) in [5.74, 6) is 0. The fourth-order valence-corrected chi connectivity index (χ4v) is 3.18. The van der Waals surface area contributed by atoms with Crippen LogP contribution < -0.4 is 0 Å². The minimum atomic E-state index is 0. The molecule has 0 aromatic carbocycles. The van der Waals surface area contributed by atoms with Crippen molar-refractivity contribution in [3.8, 4) is 0 Å². The van der Waals surface area contributed by atoms with Crippen LogP contribution in [0, 0.1) is 5.41 Å². The summed E-state index contributed by atoms with van der Waals surface area (Å²) in [6.07, 6.45) is 0. The predicted octanol–water partition coefficient (Wildman–Crippen LogP) is 2.78. The van der Waals surface area contributed by atoms with Gasteiger partial charge in [-0.05, 0) is 5.41 Å². The molecule has 0 heterocycles. The van der Waals surface area contributed by atoms with E-state index in [9.17, 15) is 0 Å². The number of hydrogen-bond donors (Lipinski definition) is 0. The molecule has 0 saturated carbocycles. The average Bonchev–Trinajstić information content (AvgIpc) is 1.21. The molecule has 0 nitrogen and oxygen atoms in total. The molecule has 0 amide bonds. The van der Waals surface area contributed by atoms with E-state index in [0.717, 1.165) is 0 Å². The summed E-state index contributed by atoms with van der Waals surface area (Å²) in [4.78, 5) is 0. The minimum Gasteiger partial charge on any atom is -0.0713 e. The van der Waals surface area contributed by atoms with Crippen LogP contribution in [0.4, 0.5) is 0 Å². The van der Waals surface area contributed by atoms with Gasteiger partial charge in [-0.3, -0.25) is 0 Å². The summed E-state index contributed by atoms with van der Waals surface area (Å²) in [5.41, 5.74) is 0.567. The minimum absolute atomic E-state index is 0. The fraction of sp³-hybridized carbons (Fsp3) is 1.00. The summed E-state index contributed by atoms with van der Waals surface area (Å²) < 4.78 is 0. The largest absolute Gasteiger partial charge is 0.0713 e. The summed E-state index contributed by atoms with van der Waals surface area (Å²) in [7, 11) is 0.00797. The van der Waals surface area contributed by atoms with Crippen molar-refractivity contribution in [1.29, 1.82) is 0 Å². The van der Waals surface area contributed by atoms with E-state index in [-0.39, 0.29) is 41.5 Å². The van der Waals surface area contributed by atoms with Gasteiger partial charge in [-0.15, -0.1) is 0 Å². The number of hydrogen-bond acceptors (Lipinski definition) is 0. The third-order valence-electron chi connectivity index (χ3n) is 0.884. The van der Waals surface area contributed by atoms with Crippen molar-refractivity contribution in [2.75, 3.05) is 0 Å². The van der Waals surface area contributed by atoms with Crippen molar-refractivity contribution in [2.24, 2.45) is 5.41 Å². The molecule has 9 heavy (non-hydrogen) atoms. The van der Waals surface area contributed by atoms with Gasteiger partial charge in [0.1, 0.15) is 0 Å². The van der Waals surface area contributed by atoms with Gasteiger partial charge in [0.2, 0.25) is 0 Å². The Morgan fingerprint density at radius 3 is 1.44 bits per heavy atom. The molecule has 0 bridgehead atoms. The maximum atomic E-state index is 2.37. The van der Waals surface area contributed by atoms with E-state index in [1.807, 2.05) is 0 Å². The molecule has 0 unspecified atom stereocenters. The molecule has 0 rings (SSSR count). The maximum Gasteiger partial charge on any atom is 0.0418 e. The Morgan fingerprint density at radius 1 is 1.11 bits per heavy atom. The van der Waals surface area contributed by atoms with Gasteiger partial charge in [0.25, 0.3) is 0 Å². The van der Waals surface area contributed by atoms with Gasteiger partial charge < -0.3 is 0 Å². The molecule has 0 atom stereocenters. The van der Waals surface area contributed by atoms with Crippen molar-refractivity contribution < 1.29 is 32.7 Å². The zero-order valence-electron chi connectivity index (χ0n) is 7.28. The fourth-order valence-electron chi connectivity index (χ4n) is 1.06. The third-order valence-corrected chi connectivity index (χ3v) is 2.65. The van der Waals surface area contributed by atoms with Crippen molar-refractivity contribution in [3.63, 3.8) is 0 Å². The van der Waals surface area contributed by atoms with Gasteiger partial charge >= 0.3 is 0 Å². The number of rotatable bonds is 1. The predicted molar refractivity (Wildman–Crippen MR) is 41.7 cm³/mol. The van der Waals surface area contributed by atoms with Gasteiger partial charge in [-0.25, -0.2) is 0 Å². The first-order valence-electron chi connectivity index (χ1n) is 3.21. The van der Waals surface area contributed by atoms with Crippen LogP contribution in [-0.2, 0) is 32.7 Å². The maximum absolute atomic E-state index is 2.37. The van der Waals surface area contributed by atoms with Crippen molar-refractivity contribution in [3.05, 3.63) is 0 Å². The van der Waals surface area contributed by atoms with Gasteiger partial charge in [-0.2, -0.15) is 0 Å². The molecule has 0 aliphatic rings. The van der Waals surface area contributed by atoms with Crippen LogP contribution in [0.25, 0.3) is 0 Å². The molecular formula is C7H17SiY.